The Hall–Kier alpha value is -3.10. The third-order valence-corrected chi connectivity index (χ3v) is 4.95. The molecule has 26 heavy (non-hydrogen) atoms. The number of nitrogens with one attached hydrogen (secondary N) is 1. The molecule has 0 saturated carbocycles. The molecule has 126 valence electrons. The summed E-state index contributed by atoms with van der Waals surface area (Å²) < 4.78 is 5.38. The minimum Gasteiger partial charge on any atom is -0.332 e. The van der Waals surface area contributed by atoms with Crippen molar-refractivity contribution in [1.82, 2.24) is 30.3 Å². The first-order chi connectivity index (χ1) is 12.8. The van der Waals surface area contributed by atoms with Crippen molar-refractivity contribution >= 4 is 33.8 Å². The lowest BCUT2D eigenvalue weighted by Crippen LogP contribution is -1.85. The Morgan fingerprint density at radius 3 is 2.88 bits per heavy atom. The van der Waals surface area contributed by atoms with Crippen LogP contribution in [0.15, 0.2) is 52.5 Å². The van der Waals surface area contributed by atoms with Gasteiger partial charge in [-0.1, -0.05) is 35.0 Å². The summed E-state index contributed by atoms with van der Waals surface area (Å²) >= 11 is 7.60. The van der Waals surface area contributed by atoms with Crippen LogP contribution in [0.2, 0.25) is 5.02 Å². The summed E-state index contributed by atoms with van der Waals surface area (Å²) in [6.45, 7) is 0. The zero-order valence-corrected chi connectivity index (χ0v) is 14.6. The first kappa shape index (κ1) is 15.2. The molecule has 5 aromatic rings. The van der Waals surface area contributed by atoms with Crippen molar-refractivity contribution in [2.75, 3.05) is 0 Å². The van der Waals surface area contributed by atoms with Gasteiger partial charge in [-0.25, -0.2) is 4.98 Å². The zero-order valence-electron chi connectivity index (χ0n) is 13.0. The highest BCUT2D eigenvalue weighted by atomic mass is 35.5. The second-order valence-electron chi connectivity index (χ2n) is 5.41. The summed E-state index contributed by atoms with van der Waals surface area (Å²) in [7, 11) is 0. The third-order valence-electron chi connectivity index (χ3n) is 3.79. The van der Waals surface area contributed by atoms with E-state index in [0.29, 0.717) is 38.8 Å². The van der Waals surface area contributed by atoms with E-state index in [-0.39, 0.29) is 0 Å². The van der Waals surface area contributed by atoms with Gasteiger partial charge in [0.25, 0.3) is 5.89 Å². The number of hydrogen-bond donors (Lipinski definition) is 1. The lowest BCUT2D eigenvalue weighted by molar-refractivity contribution is 0.431. The van der Waals surface area contributed by atoms with Gasteiger partial charge in [0.15, 0.2) is 0 Å². The van der Waals surface area contributed by atoms with E-state index in [2.05, 4.69) is 30.3 Å². The van der Waals surface area contributed by atoms with Crippen molar-refractivity contribution < 1.29 is 4.52 Å². The fourth-order valence-corrected chi connectivity index (χ4v) is 3.65. The summed E-state index contributed by atoms with van der Waals surface area (Å²) in [4.78, 5) is 13.2. The second kappa shape index (κ2) is 6.01. The third kappa shape index (κ3) is 2.47. The summed E-state index contributed by atoms with van der Waals surface area (Å²) in [6.07, 6.45) is 1.68. The van der Waals surface area contributed by atoms with Crippen LogP contribution in [0, 0.1) is 0 Å². The number of benzene rings is 1. The quantitative estimate of drug-likeness (QED) is 0.497. The number of H-pyrrole nitrogens is 1. The van der Waals surface area contributed by atoms with Gasteiger partial charge < -0.3 is 4.52 Å². The van der Waals surface area contributed by atoms with E-state index in [0.717, 1.165) is 10.9 Å². The van der Waals surface area contributed by atoms with Crippen LogP contribution in [0.5, 0.6) is 0 Å². The van der Waals surface area contributed by atoms with Crippen LogP contribution in [0.4, 0.5) is 0 Å². The average Bonchev–Trinajstić information content (AvgIpc) is 3.40. The number of halogens is 1. The smallest absolute Gasteiger partial charge is 0.277 e. The first-order valence-corrected chi connectivity index (χ1v) is 8.89. The standard InChI is InChI=1S/C17H9ClN6OS/c18-10-5-3-7-19-14(10)17-20-12(8-26-17)16-21-15(24-25-16)13-9-4-1-2-6-11(9)22-23-13/h1-8H,(H,22,23). The maximum atomic E-state index is 6.18. The molecule has 0 aliphatic carbocycles. The molecule has 0 aliphatic heterocycles. The fourth-order valence-electron chi connectivity index (χ4n) is 2.58. The minimum atomic E-state index is 0.321. The Balaban J connectivity index is 1.52. The van der Waals surface area contributed by atoms with Crippen LogP contribution >= 0.6 is 22.9 Å². The Labute approximate surface area is 155 Å². The van der Waals surface area contributed by atoms with Crippen LogP contribution < -0.4 is 0 Å². The molecule has 1 N–H and O–H groups in total. The van der Waals surface area contributed by atoms with E-state index in [1.807, 2.05) is 29.6 Å². The second-order valence-corrected chi connectivity index (χ2v) is 6.68. The Morgan fingerprint density at radius 2 is 1.96 bits per heavy atom. The van der Waals surface area contributed by atoms with Gasteiger partial charge in [-0.15, -0.1) is 11.3 Å². The van der Waals surface area contributed by atoms with Gasteiger partial charge in [-0.2, -0.15) is 10.1 Å². The van der Waals surface area contributed by atoms with Gasteiger partial charge in [0.05, 0.1) is 10.5 Å². The van der Waals surface area contributed by atoms with E-state index in [1.54, 1.807) is 18.3 Å². The van der Waals surface area contributed by atoms with Gasteiger partial charge in [0.1, 0.15) is 22.1 Å². The number of para-hydroxylation sites is 1. The fraction of sp³-hybridized carbons (Fsp3) is 0. The number of thiazole rings is 1. The van der Waals surface area contributed by atoms with Gasteiger partial charge in [-0.05, 0) is 18.2 Å². The van der Waals surface area contributed by atoms with Crippen LogP contribution in [0.3, 0.4) is 0 Å². The van der Waals surface area contributed by atoms with E-state index in [9.17, 15) is 0 Å². The van der Waals surface area contributed by atoms with Crippen molar-refractivity contribution in [2.45, 2.75) is 0 Å². The summed E-state index contributed by atoms with van der Waals surface area (Å²) in [5, 5.41) is 15.3. The number of aromatic nitrogens is 6. The molecule has 0 saturated heterocycles. The van der Waals surface area contributed by atoms with Gasteiger partial charge >= 0.3 is 0 Å². The molecule has 0 amide bonds. The largest absolute Gasteiger partial charge is 0.332 e. The van der Waals surface area contributed by atoms with E-state index < -0.39 is 0 Å². The van der Waals surface area contributed by atoms with Crippen LogP contribution in [0.1, 0.15) is 0 Å². The molecule has 4 heterocycles. The number of fused-ring (bicyclic) bond motifs is 1. The molecule has 0 aliphatic rings. The maximum absolute atomic E-state index is 6.18. The SMILES string of the molecule is Clc1cccnc1-c1nc(-c2nc(-c3n[nH]c4ccccc34)no2)cs1. The van der Waals surface area contributed by atoms with Crippen molar-refractivity contribution in [2.24, 2.45) is 0 Å². The molecule has 0 spiro atoms. The van der Waals surface area contributed by atoms with Crippen molar-refractivity contribution in [3.63, 3.8) is 0 Å². The normalized spacial score (nSPS) is 11.3. The maximum Gasteiger partial charge on any atom is 0.277 e. The Morgan fingerprint density at radius 1 is 1.04 bits per heavy atom. The number of rotatable bonds is 3. The van der Waals surface area contributed by atoms with Crippen molar-refractivity contribution in [1.29, 1.82) is 0 Å². The number of pyridine rings is 1. The lowest BCUT2D eigenvalue weighted by Gasteiger charge is -1.96. The predicted octanol–water partition coefficient (Wildman–Crippen LogP) is 4.45. The molecule has 7 nitrogen and oxygen atoms in total. The highest BCUT2D eigenvalue weighted by Gasteiger charge is 2.18. The molecular weight excluding hydrogens is 372 g/mol. The topological polar surface area (TPSA) is 93.4 Å². The minimum absolute atomic E-state index is 0.321. The van der Waals surface area contributed by atoms with E-state index in [1.165, 1.54) is 11.3 Å². The van der Waals surface area contributed by atoms with E-state index in [4.69, 9.17) is 16.1 Å². The van der Waals surface area contributed by atoms with Gasteiger partial charge in [0.2, 0.25) is 5.82 Å². The summed E-state index contributed by atoms with van der Waals surface area (Å²) in [6, 6.07) is 11.3. The van der Waals surface area contributed by atoms with E-state index >= 15 is 0 Å². The number of hydrogen-bond acceptors (Lipinski definition) is 7. The molecule has 0 radical (unpaired) electrons. The summed E-state index contributed by atoms with van der Waals surface area (Å²) in [5.41, 5.74) is 2.75. The monoisotopic (exact) mass is 380 g/mol. The molecule has 0 atom stereocenters. The molecule has 5 rings (SSSR count). The molecule has 0 bridgehead atoms. The van der Waals surface area contributed by atoms with Crippen molar-refractivity contribution in [3.05, 3.63) is 53.0 Å². The van der Waals surface area contributed by atoms with Crippen molar-refractivity contribution in [3.8, 4) is 33.8 Å². The Kier molecular flexibility index (Phi) is 3.51. The summed E-state index contributed by atoms with van der Waals surface area (Å²) in [5.74, 6) is 0.726. The highest BCUT2D eigenvalue weighted by Crippen LogP contribution is 2.32. The molecular formula is C17H9ClN6OS. The van der Waals surface area contributed by atoms with Crippen LogP contribution in [-0.4, -0.2) is 30.3 Å². The highest BCUT2D eigenvalue weighted by molar-refractivity contribution is 7.13. The Bertz CT molecular complexity index is 1230. The average molecular weight is 381 g/mol. The van der Waals surface area contributed by atoms with Crippen LogP contribution in [-0.2, 0) is 0 Å². The van der Waals surface area contributed by atoms with Crippen LogP contribution in [0.25, 0.3) is 44.7 Å². The molecule has 9 heteroatoms. The molecule has 0 unspecified atom stereocenters. The molecule has 0 fully saturated rings. The predicted molar refractivity (Wildman–Crippen MR) is 98.7 cm³/mol. The van der Waals surface area contributed by atoms with Gasteiger partial charge in [0, 0.05) is 17.0 Å². The number of aromatic amines is 1. The molecule has 1 aromatic carbocycles. The molecule has 4 aromatic heterocycles. The zero-order chi connectivity index (χ0) is 17.5. The lowest BCUT2D eigenvalue weighted by atomic mass is 10.2. The number of nitrogens with zero attached hydrogens (tertiary/aromatic N) is 5. The van der Waals surface area contributed by atoms with Gasteiger partial charge in [-0.3, -0.25) is 10.1 Å². The first-order valence-electron chi connectivity index (χ1n) is 7.63.